The van der Waals surface area contributed by atoms with Crippen LogP contribution in [-0.4, -0.2) is 58.6 Å². The van der Waals surface area contributed by atoms with E-state index in [1.165, 1.54) is 140 Å². The predicted octanol–water partition coefficient (Wildman–Crippen LogP) is 12.8. The zero-order valence-corrected chi connectivity index (χ0v) is 34.8. The molecule has 0 aromatic heterocycles. The normalized spacial score (nSPS) is 13.0. The average molecular weight is 745 g/mol. The van der Waals surface area contributed by atoms with Gasteiger partial charge in [-0.2, -0.15) is 23.5 Å². The summed E-state index contributed by atoms with van der Waals surface area (Å²) in [6, 6.07) is 16.5. The molecule has 2 rings (SSSR count). The smallest absolute Gasteiger partial charge is 0.119 e. The molecule has 2 unspecified atom stereocenters. The van der Waals surface area contributed by atoms with Crippen LogP contribution in [0.15, 0.2) is 48.5 Å². The van der Waals surface area contributed by atoms with Crippen molar-refractivity contribution in [2.24, 2.45) is 0 Å². The van der Waals surface area contributed by atoms with Gasteiger partial charge in [0.05, 0.1) is 12.2 Å². The molecule has 0 heterocycles. The van der Waals surface area contributed by atoms with Crippen molar-refractivity contribution in [3.8, 4) is 11.5 Å². The molecule has 0 saturated heterocycles. The Morgan fingerprint density at radius 2 is 0.765 bits per heavy atom. The summed E-state index contributed by atoms with van der Waals surface area (Å²) >= 11 is 3.68. The Balaban J connectivity index is 1.56. The minimum absolute atomic E-state index is 0.188. The third kappa shape index (κ3) is 22.5. The highest BCUT2D eigenvalue weighted by Gasteiger charge is 2.23. The molecule has 0 aliphatic heterocycles. The van der Waals surface area contributed by atoms with Crippen molar-refractivity contribution in [1.29, 1.82) is 0 Å². The van der Waals surface area contributed by atoms with Gasteiger partial charge in [0.15, 0.2) is 0 Å². The molecule has 0 aliphatic rings. The van der Waals surface area contributed by atoms with Crippen LogP contribution in [0.1, 0.15) is 167 Å². The van der Waals surface area contributed by atoms with Crippen LogP contribution in [0.5, 0.6) is 11.5 Å². The zero-order chi connectivity index (χ0) is 36.8. The van der Waals surface area contributed by atoms with Gasteiger partial charge in [0, 0.05) is 16.9 Å². The van der Waals surface area contributed by atoms with Gasteiger partial charge in [-0.3, -0.25) is 0 Å². The molecule has 2 aromatic carbocycles. The van der Waals surface area contributed by atoms with Gasteiger partial charge in [-0.25, -0.2) is 0 Å². The number of thioether (sulfide) groups is 2. The molecule has 0 aliphatic carbocycles. The maximum Gasteiger partial charge on any atom is 0.119 e. The maximum absolute atomic E-state index is 10.4. The van der Waals surface area contributed by atoms with Crippen LogP contribution in [0.3, 0.4) is 0 Å². The van der Waals surface area contributed by atoms with Gasteiger partial charge in [-0.15, -0.1) is 0 Å². The number of unbranched alkanes of at least 4 members (excludes halogenated alkanes) is 18. The van der Waals surface area contributed by atoms with Crippen LogP contribution in [0, 0.1) is 0 Å². The second kappa shape index (κ2) is 30.0. The lowest BCUT2D eigenvalue weighted by Gasteiger charge is -2.26. The van der Waals surface area contributed by atoms with E-state index in [4.69, 9.17) is 9.47 Å². The second-order valence-corrected chi connectivity index (χ2v) is 17.4. The number of ether oxygens (including phenoxy) is 2. The standard InChI is InChI=1S/C45H76O4S2/c1-5-7-9-11-13-15-17-19-21-23-33-50-37-41(46)35-48-43-29-25-39(26-30-43)45(3,4)40-27-31-44(32-28-40)49-36-42(47)38-51-34-24-22-20-18-16-14-12-10-8-6-2/h25-32,41-42,46-47H,5-24,33-38H2,1-4H3. The van der Waals surface area contributed by atoms with E-state index in [2.05, 4.69) is 52.0 Å². The molecule has 292 valence electrons. The fourth-order valence-corrected chi connectivity index (χ4v) is 8.29. The largest absolute Gasteiger partial charge is 0.491 e. The maximum atomic E-state index is 10.4. The Morgan fingerprint density at radius 3 is 1.08 bits per heavy atom. The van der Waals surface area contributed by atoms with Crippen LogP contribution in [0.25, 0.3) is 0 Å². The zero-order valence-electron chi connectivity index (χ0n) is 33.2. The highest BCUT2D eigenvalue weighted by Crippen LogP contribution is 2.33. The van der Waals surface area contributed by atoms with Gasteiger partial charge in [0.1, 0.15) is 24.7 Å². The predicted molar refractivity (Wildman–Crippen MR) is 226 cm³/mol. The van der Waals surface area contributed by atoms with Gasteiger partial charge < -0.3 is 19.7 Å². The van der Waals surface area contributed by atoms with Crippen molar-refractivity contribution in [3.63, 3.8) is 0 Å². The summed E-state index contributed by atoms with van der Waals surface area (Å²) < 4.78 is 11.9. The second-order valence-electron chi connectivity index (χ2n) is 15.1. The molecule has 0 fully saturated rings. The Hall–Kier alpha value is -1.34. The summed E-state index contributed by atoms with van der Waals surface area (Å²) in [5.41, 5.74) is 2.21. The minimum Gasteiger partial charge on any atom is -0.491 e. The van der Waals surface area contributed by atoms with Gasteiger partial charge in [-0.1, -0.05) is 168 Å². The number of aliphatic hydroxyl groups excluding tert-OH is 2. The van der Waals surface area contributed by atoms with Crippen LogP contribution in [0.2, 0.25) is 0 Å². The molecule has 6 heteroatoms. The van der Waals surface area contributed by atoms with Gasteiger partial charge in [-0.05, 0) is 59.7 Å². The summed E-state index contributed by atoms with van der Waals surface area (Å²) in [7, 11) is 0. The first-order valence-corrected chi connectivity index (χ1v) is 23.2. The highest BCUT2D eigenvalue weighted by molar-refractivity contribution is 7.99. The molecule has 4 nitrogen and oxygen atoms in total. The number of benzene rings is 2. The minimum atomic E-state index is -0.454. The van der Waals surface area contributed by atoms with E-state index in [9.17, 15) is 10.2 Å². The van der Waals surface area contributed by atoms with Crippen molar-refractivity contribution in [1.82, 2.24) is 0 Å². The fourth-order valence-electron chi connectivity index (χ4n) is 6.41. The monoisotopic (exact) mass is 745 g/mol. The number of aliphatic hydroxyl groups is 2. The first kappa shape index (κ1) is 45.8. The average Bonchev–Trinajstić information content (AvgIpc) is 3.14. The van der Waals surface area contributed by atoms with Crippen molar-refractivity contribution in [2.75, 3.05) is 36.2 Å². The quantitative estimate of drug-likeness (QED) is 0.0696. The van der Waals surface area contributed by atoms with Crippen LogP contribution in [0.4, 0.5) is 0 Å². The van der Waals surface area contributed by atoms with E-state index in [0.717, 1.165) is 34.5 Å². The Bertz CT molecular complexity index is 975. The molecule has 51 heavy (non-hydrogen) atoms. The van der Waals surface area contributed by atoms with E-state index in [1.54, 1.807) is 0 Å². The van der Waals surface area contributed by atoms with Crippen molar-refractivity contribution in [3.05, 3.63) is 59.7 Å². The van der Waals surface area contributed by atoms with Crippen molar-refractivity contribution >= 4 is 23.5 Å². The van der Waals surface area contributed by atoms with E-state index in [0.29, 0.717) is 13.2 Å². The molecule has 2 atom stereocenters. The van der Waals surface area contributed by atoms with Crippen molar-refractivity contribution in [2.45, 2.75) is 174 Å². The summed E-state index contributed by atoms with van der Waals surface area (Å²) in [5, 5.41) is 20.9. The van der Waals surface area contributed by atoms with Crippen LogP contribution < -0.4 is 9.47 Å². The fraction of sp³-hybridized carbons (Fsp3) is 0.733. The lowest BCUT2D eigenvalue weighted by molar-refractivity contribution is 0.126. The third-order valence-corrected chi connectivity index (χ3v) is 12.3. The van der Waals surface area contributed by atoms with Crippen LogP contribution in [-0.2, 0) is 5.41 Å². The molecule has 0 amide bonds. The summed E-state index contributed by atoms with van der Waals surface area (Å²) in [4.78, 5) is 0. The Kier molecular flexibility index (Phi) is 27.0. The highest BCUT2D eigenvalue weighted by atomic mass is 32.2. The third-order valence-electron chi connectivity index (χ3n) is 9.94. The number of hydrogen-bond donors (Lipinski definition) is 2. The van der Waals surface area contributed by atoms with Crippen molar-refractivity contribution < 1.29 is 19.7 Å². The SMILES string of the molecule is CCCCCCCCCCCCSCC(O)COc1ccc(C(C)(C)c2ccc(OCC(O)CSCCCCCCCCCCCC)cc2)cc1. The van der Waals surface area contributed by atoms with E-state index < -0.39 is 12.2 Å². The molecular formula is C45H76O4S2. The Labute approximate surface area is 323 Å². The number of hydrogen-bond acceptors (Lipinski definition) is 6. The first-order valence-electron chi connectivity index (χ1n) is 20.8. The molecule has 2 aromatic rings. The van der Waals surface area contributed by atoms with Crippen LogP contribution >= 0.6 is 23.5 Å². The Morgan fingerprint density at radius 1 is 0.471 bits per heavy atom. The summed E-state index contributed by atoms with van der Waals surface area (Å²) in [6.07, 6.45) is 26.2. The van der Waals surface area contributed by atoms with Gasteiger partial charge in [0.25, 0.3) is 0 Å². The summed E-state index contributed by atoms with van der Waals surface area (Å²) in [5.74, 6) is 5.25. The molecule has 0 spiro atoms. The molecule has 0 radical (unpaired) electrons. The molecule has 2 N–H and O–H groups in total. The topological polar surface area (TPSA) is 58.9 Å². The lowest BCUT2D eigenvalue weighted by Crippen LogP contribution is -2.21. The van der Waals surface area contributed by atoms with E-state index in [-0.39, 0.29) is 5.41 Å². The van der Waals surface area contributed by atoms with Gasteiger partial charge >= 0.3 is 0 Å². The van der Waals surface area contributed by atoms with E-state index >= 15 is 0 Å². The van der Waals surface area contributed by atoms with Gasteiger partial charge in [0.2, 0.25) is 0 Å². The molecule has 0 bridgehead atoms. The number of rotatable bonds is 34. The van der Waals surface area contributed by atoms with E-state index in [1.807, 2.05) is 47.8 Å². The summed E-state index contributed by atoms with van der Waals surface area (Å²) in [6.45, 7) is 9.64. The first-order chi connectivity index (χ1) is 24.9. The molecule has 0 saturated carbocycles. The molecular weight excluding hydrogens is 669 g/mol. The lowest BCUT2D eigenvalue weighted by atomic mass is 9.78.